The molecule has 0 aromatic carbocycles. The van der Waals surface area contributed by atoms with Gasteiger partial charge in [0, 0.05) is 24.8 Å². The number of rotatable bonds is 5. The Bertz CT molecular complexity index is 401. The highest BCUT2D eigenvalue weighted by Gasteiger charge is 2.27. The zero-order chi connectivity index (χ0) is 13.1. The third-order valence-corrected chi connectivity index (χ3v) is 5.50. The molecule has 102 valence electrons. The molecule has 0 saturated carbocycles. The molecule has 4 nitrogen and oxygen atoms in total. The van der Waals surface area contributed by atoms with E-state index < -0.39 is 0 Å². The SMILES string of the molecule is CCc1nn(C)c(CC(NN)C2CCCS2)c1Cl. The van der Waals surface area contributed by atoms with Crippen LogP contribution >= 0.6 is 23.4 Å². The first-order chi connectivity index (χ1) is 8.67. The number of nitrogens with zero attached hydrogens (tertiary/aromatic N) is 2. The van der Waals surface area contributed by atoms with Gasteiger partial charge < -0.3 is 0 Å². The molecule has 18 heavy (non-hydrogen) atoms. The van der Waals surface area contributed by atoms with E-state index in [0.717, 1.165) is 29.3 Å². The highest BCUT2D eigenvalue weighted by atomic mass is 35.5. The maximum absolute atomic E-state index is 6.38. The lowest BCUT2D eigenvalue weighted by Crippen LogP contribution is -2.43. The molecule has 0 radical (unpaired) electrons. The van der Waals surface area contributed by atoms with Crippen LogP contribution in [0, 0.1) is 0 Å². The molecular formula is C12H21ClN4S. The number of hydrogen-bond donors (Lipinski definition) is 2. The largest absolute Gasteiger partial charge is 0.271 e. The molecule has 1 aliphatic rings. The van der Waals surface area contributed by atoms with Crippen molar-refractivity contribution in [2.45, 2.75) is 43.9 Å². The summed E-state index contributed by atoms with van der Waals surface area (Å²) >= 11 is 8.38. The van der Waals surface area contributed by atoms with Crippen molar-refractivity contribution >= 4 is 23.4 Å². The number of aromatic nitrogens is 2. The number of halogens is 1. The van der Waals surface area contributed by atoms with E-state index in [1.54, 1.807) is 0 Å². The van der Waals surface area contributed by atoms with Crippen molar-refractivity contribution < 1.29 is 0 Å². The lowest BCUT2D eigenvalue weighted by Gasteiger charge is -2.22. The van der Waals surface area contributed by atoms with Crippen LogP contribution in [0.2, 0.25) is 5.02 Å². The summed E-state index contributed by atoms with van der Waals surface area (Å²) in [6.07, 6.45) is 4.23. The first-order valence-electron chi connectivity index (χ1n) is 6.45. The van der Waals surface area contributed by atoms with Crippen molar-refractivity contribution in [2.75, 3.05) is 5.75 Å². The molecule has 1 aromatic heterocycles. The molecule has 2 unspecified atom stereocenters. The van der Waals surface area contributed by atoms with E-state index in [0.29, 0.717) is 5.25 Å². The van der Waals surface area contributed by atoms with Crippen LogP contribution in [0.5, 0.6) is 0 Å². The third-order valence-electron chi connectivity index (χ3n) is 3.54. The minimum Gasteiger partial charge on any atom is -0.271 e. The van der Waals surface area contributed by atoms with E-state index in [4.69, 9.17) is 17.4 Å². The Labute approximate surface area is 118 Å². The average molecular weight is 289 g/mol. The summed E-state index contributed by atoms with van der Waals surface area (Å²) in [4.78, 5) is 0. The fourth-order valence-corrected chi connectivity index (χ4v) is 4.21. The van der Waals surface area contributed by atoms with Gasteiger partial charge in [0.2, 0.25) is 0 Å². The topological polar surface area (TPSA) is 55.9 Å². The molecule has 1 fully saturated rings. The summed E-state index contributed by atoms with van der Waals surface area (Å²) in [5.41, 5.74) is 5.02. The summed E-state index contributed by atoms with van der Waals surface area (Å²) in [7, 11) is 1.95. The summed E-state index contributed by atoms with van der Waals surface area (Å²) < 4.78 is 1.89. The molecule has 0 spiro atoms. The normalized spacial score (nSPS) is 21.4. The average Bonchev–Trinajstić information content (AvgIpc) is 2.97. The van der Waals surface area contributed by atoms with Gasteiger partial charge >= 0.3 is 0 Å². The zero-order valence-electron chi connectivity index (χ0n) is 10.9. The van der Waals surface area contributed by atoms with Crippen LogP contribution in [0.1, 0.15) is 31.2 Å². The van der Waals surface area contributed by atoms with Crippen LogP contribution in [0.4, 0.5) is 0 Å². The van der Waals surface area contributed by atoms with Gasteiger partial charge in [-0.25, -0.2) is 0 Å². The van der Waals surface area contributed by atoms with Crippen LogP contribution < -0.4 is 11.3 Å². The van der Waals surface area contributed by atoms with Gasteiger partial charge in [0.05, 0.1) is 16.4 Å². The molecule has 0 amide bonds. The summed E-state index contributed by atoms with van der Waals surface area (Å²) in [5.74, 6) is 6.94. The van der Waals surface area contributed by atoms with E-state index in [-0.39, 0.29) is 6.04 Å². The van der Waals surface area contributed by atoms with Crippen LogP contribution in [-0.4, -0.2) is 26.8 Å². The van der Waals surface area contributed by atoms with Gasteiger partial charge in [-0.3, -0.25) is 16.0 Å². The molecule has 1 aromatic rings. The van der Waals surface area contributed by atoms with Crippen LogP contribution in [-0.2, 0) is 19.9 Å². The fraction of sp³-hybridized carbons (Fsp3) is 0.750. The number of nitrogens with two attached hydrogens (primary N) is 1. The lowest BCUT2D eigenvalue weighted by molar-refractivity contribution is 0.482. The van der Waals surface area contributed by atoms with E-state index in [1.165, 1.54) is 18.6 Å². The Kier molecular flexibility index (Phi) is 4.95. The Hall–Kier alpha value is -0.230. The number of nitrogens with one attached hydrogen (secondary N) is 1. The number of hydrazine groups is 1. The van der Waals surface area contributed by atoms with Crippen molar-refractivity contribution in [1.29, 1.82) is 0 Å². The van der Waals surface area contributed by atoms with Gasteiger partial charge in [0.15, 0.2) is 0 Å². The highest BCUT2D eigenvalue weighted by Crippen LogP contribution is 2.31. The van der Waals surface area contributed by atoms with Crippen LogP contribution in [0.15, 0.2) is 0 Å². The standard InChI is InChI=1S/C12H21ClN4S/c1-3-8-12(13)10(17(2)16-8)7-9(15-14)11-5-4-6-18-11/h9,11,15H,3-7,14H2,1-2H3. The second-order valence-electron chi connectivity index (χ2n) is 4.71. The smallest absolute Gasteiger partial charge is 0.0850 e. The molecule has 3 N–H and O–H groups in total. The predicted molar refractivity (Wildman–Crippen MR) is 77.9 cm³/mol. The quantitative estimate of drug-likeness (QED) is 0.642. The Morgan fingerprint density at radius 1 is 1.67 bits per heavy atom. The molecule has 2 rings (SSSR count). The lowest BCUT2D eigenvalue weighted by atomic mass is 10.0. The van der Waals surface area contributed by atoms with Crippen molar-refractivity contribution in [1.82, 2.24) is 15.2 Å². The first-order valence-corrected chi connectivity index (χ1v) is 7.88. The minimum atomic E-state index is 0.273. The zero-order valence-corrected chi connectivity index (χ0v) is 12.5. The Balaban J connectivity index is 2.13. The second-order valence-corrected chi connectivity index (χ2v) is 6.44. The van der Waals surface area contributed by atoms with Crippen LogP contribution in [0.25, 0.3) is 0 Å². The molecular weight excluding hydrogens is 268 g/mol. The van der Waals surface area contributed by atoms with Crippen molar-refractivity contribution in [3.05, 3.63) is 16.4 Å². The summed E-state index contributed by atoms with van der Waals surface area (Å²) in [5, 5.41) is 5.85. The fourth-order valence-electron chi connectivity index (χ4n) is 2.47. The van der Waals surface area contributed by atoms with Crippen molar-refractivity contribution in [3.63, 3.8) is 0 Å². The van der Waals surface area contributed by atoms with Crippen molar-refractivity contribution in [3.8, 4) is 0 Å². The van der Waals surface area contributed by atoms with E-state index in [2.05, 4.69) is 17.4 Å². The Morgan fingerprint density at radius 2 is 2.44 bits per heavy atom. The second kappa shape index (κ2) is 6.28. The molecule has 2 heterocycles. The minimum absolute atomic E-state index is 0.273. The van der Waals surface area contributed by atoms with Gasteiger partial charge in [-0.2, -0.15) is 16.9 Å². The highest BCUT2D eigenvalue weighted by molar-refractivity contribution is 8.00. The van der Waals surface area contributed by atoms with Crippen molar-refractivity contribution in [2.24, 2.45) is 12.9 Å². The summed E-state index contributed by atoms with van der Waals surface area (Å²) in [6, 6.07) is 0.273. The van der Waals surface area contributed by atoms with E-state index in [1.807, 2.05) is 23.5 Å². The number of aryl methyl sites for hydroxylation is 2. The summed E-state index contributed by atoms with van der Waals surface area (Å²) in [6.45, 7) is 2.07. The number of hydrogen-bond acceptors (Lipinski definition) is 4. The molecule has 1 aliphatic heterocycles. The van der Waals surface area contributed by atoms with E-state index in [9.17, 15) is 0 Å². The maximum atomic E-state index is 6.38. The molecule has 0 bridgehead atoms. The molecule has 6 heteroatoms. The predicted octanol–water partition coefficient (Wildman–Crippen LogP) is 1.91. The van der Waals surface area contributed by atoms with Gasteiger partial charge in [0.25, 0.3) is 0 Å². The number of thioether (sulfide) groups is 1. The maximum Gasteiger partial charge on any atom is 0.0850 e. The monoisotopic (exact) mass is 288 g/mol. The molecule has 2 atom stereocenters. The Morgan fingerprint density at radius 3 is 2.94 bits per heavy atom. The van der Waals surface area contributed by atoms with Gasteiger partial charge in [0.1, 0.15) is 0 Å². The van der Waals surface area contributed by atoms with Gasteiger partial charge in [-0.1, -0.05) is 18.5 Å². The first kappa shape index (κ1) is 14.2. The molecule has 1 saturated heterocycles. The van der Waals surface area contributed by atoms with E-state index >= 15 is 0 Å². The molecule has 0 aliphatic carbocycles. The van der Waals surface area contributed by atoms with Gasteiger partial charge in [-0.05, 0) is 25.0 Å². The third kappa shape index (κ3) is 2.85. The van der Waals surface area contributed by atoms with Gasteiger partial charge in [-0.15, -0.1) is 0 Å². The van der Waals surface area contributed by atoms with Crippen LogP contribution in [0.3, 0.4) is 0 Å².